The van der Waals surface area contributed by atoms with Gasteiger partial charge in [-0.15, -0.1) is 22.7 Å². The topological polar surface area (TPSA) is 174 Å². The zero-order chi connectivity index (χ0) is 51.9. The Balaban J connectivity index is 0.000000220. The number of hydrogen-bond donors (Lipinski definition) is 2. The zero-order valence-corrected chi connectivity index (χ0v) is 44.3. The molecule has 14 heteroatoms. The van der Waals surface area contributed by atoms with Gasteiger partial charge in [-0.2, -0.15) is 0 Å². The number of aromatic nitrogens is 4. The van der Waals surface area contributed by atoms with E-state index in [2.05, 4.69) is 38.7 Å². The molecule has 0 aliphatic heterocycles. The van der Waals surface area contributed by atoms with Gasteiger partial charge in [-0.1, -0.05) is 86.0 Å². The lowest BCUT2D eigenvalue weighted by Gasteiger charge is -2.08. The molecule has 75 heavy (non-hydrogen) atoms. The summed E-state index contributed by atoms with van der Waals surface area (Å²) in [4.78, 5) is 52.5. The Morgan fingerprint density at radius 1 is 0.507 bits per heavy atom. The Morgan fingerprint density at radius 2 is 0.933 bits per heavy atom. The molecule has 10 rings (SSSR count). The summed E-state index contributed by atoms with van der Waals surface area (Å²) in [6, 6.07) is 20.4. The van der Waals surface area contributed by atoms with E-state index in [0.29, 0.717) is 60.5 Å². The number of thiazole rings is 2. The summed E-state index contributed by atoms with van der Waals surface area (Å²) in [5, 5.41) is 28.1. The minimum absolute atomic E-state index is 0. The molecule has 0 saturated heterocycles. The number of fused-ring (bicyclic) bond motifs is 4. The number of benzene rings is 3. The van der Waals surface area contributed by atoms with Crippen LogP contribution in [0.5, 0.6) is 11.5 Å². The van der Waals surface area contributed by atoms with Crippen LogP contribution in [-0.2, 0) is 19.3 Å². The fourth-order valence-electron chi connectivity index (χ4n) is 9.36. The lowest BCUT2D eigenvalue weighted by Crippen LogP contribution is -2.04. The molecule has 0 fully saturated rings. The van der Waals surface area contributed by atoms with Crippen molar-refractivity contribution in [3.05, 3.63) is 149 Å². The van der Waals surface area contributed by atoms with E-state index in [4.69, 9.17) is 23.2 Å². The second-order valence-corrected chi connectivity index (χ2v) is 21.0. The Bertz CT molecular complexity index is 3650. The molecule has 0 radical (unpaired) electrons. The lowest BCUT2D eigenvalue weighted by atomic mass is 9.99. The standard InChI is InChI=1S/C37H38N2O5S2.C23H24N2O3.CH4/c1-4-6-8-10-12-23-15-25-17-27(36(41)43-32(25)14-22(23)3)29-20-45-34(38-29)35-39-30(21-46-35)28-18-26-16-24(13-11-9-7-5-2)31(40)19-33(26)44-37(28)42;1-3-4-5-6-7-16-11-17-12-18(23(27)28-21(17)13-20(16)26)19-14-25-9-8-15(2)10-22(25)24-19;/h14-21,40H,4-13H2,1-3H3;8-14,26H,3-7H2,1-2H3;1H4. The average Bonchev–Trinajstić information content (AvgIpc) is 4.17. The van der Waals surface area contributed by atoms with Gasteiger partial charge in [-0.05, 0) is 135 Å². The molecule has 3 aromatic carbocycles. The van der Waals surface area contributed by atoms with Crippen molar-refractivity contribution in [3.63, 3.8) is 0 Å². The molecule has 0 unspecified atom stereocenters. The number of aromatic hydroxyl groups is 2. The molecule has 7 heterocycles. The van der Waals surface area contributed by atoms with Crippen LogP contribution in [0.2, 0.25) is 0 Å². The SMILES string of the molecule is C.CCCCCCc1cc2cc(-c3cn4ccc(C)cc4n3)c(=O)oc2cc1O.CCCCCCc1cc2cc(-c3csc(-c4nc(-c5cc6cc(CCCCCC)c(O)cc6oc5=O)cs4)n3)c(=O)oc2cc1C. The van der Waals surface area contributed by atoms with Gasteiger partial charge in [0.2, 0.25) is 0 Å². The summed E-state index contributed by atoms with van der Waals surface area (Å²) in [7, 11) is 0. The zero-order valence-electron chi connectivity index (χ0n) is 42.7. The van der Waals surface area contributed by atoms with Crippen LogP contribution < -0.4 is 16.9 Å². The maximum absolute atomic E-state index is 13.0. The molecule has 390 valence electrons. The largest absolute Gasteiger partial charge is 0.508 e. The van der Waals surface area contributed by atoms with Gasteiger partial charge in [0.15, 0.2) is 10.0 Å². The molecule has 0 spiro atoms. The molecule has 0 saturated carbocycles. The van der Waals surface area contributed by atoms with Gasteiger partial charge >= 0.3 is 16.9 Å². The van der Waals surface area contributed by atoms with Crippen molar-refractivity contribution in [2.24, 2.45) is 0 Å². The fraction of sp³-hybridized carbons (Fsp3) is 0.344. The Kier molecular flexibility index (Phi) is 17.6. The van der Waals surface area contributed by atoms with Crippen molar-refractivity contribution >= 4 is 61.2 Å². The minimum atomic E-state index is -0.520. The van der Waals surface area contributed by atoms with E-state index in [9.17, 15) is 24.6 Å². The van der Waals surface area contributed by atoms with Crippen LogP contribution >= 0.6 is 22.7 Å². The highest BCUT2D eigenvalue weighted by Gasteiger charge is 2.19. The van der Waals surface area contributed by atoms with E-state index < -0.39 is 16.9 Å². The van der Waals surface area contributed by atoms with E-state index in [0.717, 1.165) is 108 Å². The number of aryl methyl sites for hydroxylation is 5. The monoisotopic (exact) mass is 1050 g/mol. The molecular weight excluding hydrogens is 981 g/mol. The third-order valence-corrected chi connectivity index (χ3v) is 15.4. The third kappa shape index (κ3) is 12.5. The van der Waals surface area contributed by atoms with Gasteiger partial charge < -0.3 is 27.9 Å². The number of pyridine rings is 1. The van der Waals surface area contributed by atoms with E-state index in [-0.39, 0.29) is 18.9 Å². The molecule has 2 N–H and O–H groups in total. The van der Waals surface area contributed by atoms with Gasteiger partial charge in [0.05, 0.1) is 33.8 Å². The molecule has 7 aromatic heterocycles. The molecule has 12 nitrogen and oxygen atoms in total. The number of nitrogens with zero attached hydrogens (tertiary/aromatic N) is 4. The highest BCUT2D eigenvalue weighted by molar-refractivity contribution is 7.20. The molecule has 0 atom stereocenters. The molecule has 10 aromatic rings. The normalized spacial score (nSPS) is 11.4. The van der Waals surface area contributed by atoms with E-state index >= 15 is 0 Å². The predicted molar refractivity (Wildman–Crippen MR) is 306 cm³/mol. The first-order chi connectivity index (χ1) is 35.9. The van der Waals surface area contributed by atoms with Crippen molar-refractivity contribution in [1.82, 2.24) is 19.4 Å². The van der Waals surface area contributed by atoms with Crippen LogP contribution in [0.1, 0.15) is 133 Å². The summed E-state index contributed by atoms with van der Waals surface area (Å²) in [5.74, 6) is 0.330. The van der Waals surface area contributed by atoms with E-state index in [1.54, 1.807) is 12.1 Å². The van der Waals surface area contributed by atoms with Crippen molar-refractivity contribution in [2.45, 2.75) is 138 Å². The summed E-state index contributed by atoms with van der Waals surface area (Å²) < 4.78 is 18.7. The molecule has 0 amide bonds. The first kappa shape index (κ1) is 54.1. The highest BCUT2D eigenvalue weighted by Crippen LogP contribution is 2.35. The highest BCUT2D eigenvalue weighted by atomic mass is 32.1. The number of unbranched alkanes of at least 4 members (excludes halogenated alkanes) is 9. The minimum Gasteiger partial charge on any atom is -0.508 e. The van der Waals surface area contributed by atoms with Crippen LogP contribution in [0.4, 0.5) is 0 Å². The summed E-state index contributed by atoms with van der Waals surface area (Å²) >= 11 is 2.77. The number of imidazole rings is 1. The molecular formula is C61H66N4O8S2. The quantitative estimate of drug-likeness (QED) is 0.0582. The number of hydrogen-bond acceptors (Lipinski definition) is 13. The van der Waals surface area contributed by atoms with Gasteiger partial charge in [-0.25, -0.2) is 29.3 Å². The second kappa shape index (κ2) is 24.5. The van der Waals surface area contributed by atoms with Crippen molar-refractivity contribution in [2.75, 3.05) is 0 Å². The van der Waals surface area contributed by atoms with Crippen LogP contribution in [0.3, 0.4) is 0 Å². The Labute approximate surface area is 444 Å². The van der Waals surface area contributed by atoms with Gasteiger partial charge in [0, 0.05) is 51.4 Å². The van der Waals surface area contributed by atoms with Crippen LogP contribution in [0.25, 0.3) is 82.3 Å². The molecule has 0 aliphatic rings. The lowest BCUT2D eigenvalue weighted by molar-refractivity contribution is 0.463. The summed E-state index contributed by atoms with van der Waals surface area (Å²) in [5.41, 5.74) is 8.75. The third-order valence-electron chi connectivity index (χ3n) is 13.6. The maximum Gasteiger partial charge on any atom is 0.345 e. The van der Waals surface area contributed by atoms with Crippen LogP contribution in [0, 0.1) is 13.8 Å². The second-order valence-electron chi connectivity index (χ2n) is 19.3. The first-order valence-electron chi connectivity index (χ1n) is 25.9. The number of rotatable bonds is 19. The maximum atomic E-state index is 13.0. The first-order valence-corrected chi connectivity index (χ1v) is 27.7. The number of phenols is 2. The average molecular weight is 1050 g/mol. The van der Waals surface area contributed by atoms with Crippen LogP contribution in [-0.4, -0.2) is 29.6 Å². The van der Waals surface area contributed by atoms with E-state index in [1.165, 1.54) is 66.4 Å². The summed E-state index contributed by atoms with van der Waals surface area (Å²) in [6.45, 7) is 10.6. The Morgan fingerprint density at radius 3 is 1.40 bits per heavy atom. The fourth-order valence-corrected chi connectivity index (χ4v) is 11.0. The van der Waals surface area contributed by atoms with Crippen molar-refractivity contribution in [1.29, 1.82) is 0 Å². The van der Waals surface area contributed by atoms with Crippen molar-refractivity contribution < 1.29 is 23.5 Å². The van der Waals surface area contributed by atoms with Crippen molar-refractivity contribution in [3.8, 4) is 55.3 Å². The summed E-state index contributed by atoms with van der Waals surface area (Å²) in [6.07, 6.45) is 20.1. The molecule has 0 bridgehead atoms. The predicted octanol–water partition coefficient (Wildman–Crippen LogP) is 16.0. The number of phenolic OH excluding ortho intramolecular Hbond substituents is 2. The van der Waals surface area contributed by atoms with Gasteiger partial charge in [-0.3, -0.25) is 0 Å². The molecule has 0 aliphatic carbocycles. The van der Waals surface area contributed by atoms with E-state index in [1.807, 2.05) is 76.9 Å². The Hall–Kier alpha value is -7.16. The van der Waals surface area contributed by atoms with Crippen LogP contribution in [0.15, 0.2) is 118 Å². The smallest absolute Gasteiger partial charge is 0.345 e. The van der Waals surface area contributed by atoms with Gasteiger partial charge in [0.1, 0.15) is 33.9 Å². The van der Waals surface area contributed by atoms with Gasteiger partial charge in [0.25, 0.3) is 0 Å².